The molecular formula is C30H34N2O5S. The Kier molecular flexibility index (Phi) is 6.90. The predicted molar refractivity (Wildman–Crippen MR) is 146 cm³/mol. The summed E-state index contributed by atoms with van der Waals surface area (Å²) in [6.07, 6.45) is 1.81. The Balaban J connectivity index is 1.28. The van der Waals surface area contributed by atoms with Crippen LogP contribution in [0.2, 0.25) is 0 Å². The number of fused-ring (bicyclic) bond motifs is 2. The Morgan fingerprint density at radius 3 is 2.45 bits per heavy atom. The van der Waals surface area contributed by atoms with Crippen LogP contribution in [0.1, 0.15) is 29.9 Å². The van der Waals surface area contributed by atoms with Crippen molar-refractivity contribution in [1.29, 1.82) is 0 Å². The zero-order chi connectivity index (χ0) is 26.3. The molecule has 3 aromatic carbocycles. The maximum absolute atomic E-state index is 13.7. The number of ether oxygens (including phenoxy) is 3. The van der Waals surface area contributed by atoms with E-state index in [1.165, 1.54) is 5.56 Å². The second kappa shape index (κ2) is 10.3. The monoisotopic (exact) mass is 534 g/mol. The molecule has 0 spiro atoms. The van der Waals surface area contributed by atoms with E-state index in [2.05, 4.69) is 29.2 Å². The van der Waals surface area contributed by atoms with Crippen LogP contribution in [-0.2, 0) is 14.8 Å². The van der Waals surface area contributed by atoms with Gasteiger partial charge in [0.15, 0.2) is 11.5 Å². The molecule has 3 atom stereocenters. The van der Waals surface area contributed by atoms with E-state index in [9.17, 15) is 8.42 Å². The Labute approximate surface area is 225 Å². The standard InChI is InChI=1S/C30H34N2O5S/c1-21-7-3-4-8-29(21)38(33,34)31-15-5-6-16-32-25(18-31)30(26(32)19-35-2)23-11-9-22(10-12-23)24-13-14-27-28(17-24)37-20-36-27/h3-4,7-14,17,25-26,30H,5-6,15-16,18-20H2,1-2H3/t25-,26+,30-/m0/s1. The zero-order valence-electron chi connectivity index (χ0n) is 21.9. The molecule has 0 bridgehead atoms. The molecule has 0 radical (unpaired) electrons. The number of methoxy groups -OCH3 is 1. The Morgan fingerprint density at radius 1 is 0.921 bits per heavy atom. The molecule has 7 nitrogen and oxygen atoms in total. The number of hydrogen-bond acceptors (Lipinski definition) is 6. The molecule has 200 valence electrons. The molecule has 2 fully saturated rings. The maximum Gasteiger partial charge on any atom is 0.243 e. The van der Waals surface area contributed by atoms with Gasteiger partial charge < -0.3 is 14.2 Å². The van der Waals surface area contributed by atoms with Gasteiger partial charge in [-0.1, -0.05) is 48.5 Å². The minimum absolute atomic E-state index is 0.102. The number of benzene rings is 3. The lowest BCUT2D eigenvalue weighted by Gasteiger charge is -2.57. The quantitative estimate of drug-likeness (QED) is 0.458. The van der Waals surface area contributed by atoms with E-state index in [-0.39, 0.29) is 24.8 Å². The molecule has 0 saturated carbocycles. The van der Waals surface area contributed by atoms with Crippen molar-refractivity contribution in [2.24, 2.45) is 0 Å². The van der Waals surface area contributed by atoms with Crippen LogP contribution in [0.4, 0.5) is 0 Å². The van der Waals surface area contributed by atoms with Crippen molar-refractivity contribution < 1.29 is 22.6 Å². The summed E-state index contributed by atoms with van der Waals surface area (Å²) in [5.41, 5.74) is 4.18. The fraction of sp³-hybridized carbons (Fsp3) is 0.400. The van der Waals surface area contributed by atoms with Gasteiger partial charge in [0.1, 0.15) is 0 Å². The van der Waals surface area contributed by atoms with Gasteiger partial charge in [-0.3, -0.25) is 4.90 Å². The van der Waals surface area contributed by atoms with Gasteiger partial charge in [-0.25, -0.2) is 8.42 Å². The van der Waals surface area contributed by atoms with E-state index in [4.69, 9.17) is 14.2 Å². The number of aryl methyl sites for hydroxylation is 1. The van der Waals surface area contributed by atoms with E-state index in [0.717, 1.165) is 47.6 Å². The van der Waals surface area contributed by atoms with Crippen LogP contribution in [0.5, 0.6) is 11.5 Å². The lowest BCUT2D eigenvalue weighted by molar-refractivity contribution is -0.0635. The third-order valence-corrected chi connectivity index (χ3v) is 10.2. The van der Waals surface area contributed by atoms with E-state index in [1.807, 2.05) is 37.3 Å². The number of nitrogens with zero attached hydrogens (tertiary/aromatic N) is 2. The predicted octanol–water partition coefficient (Wildman–Crippen LogP) is 4.66. The van der Waals surface area contributed by atoms with E-state index < -0.39 is 10.0 Å². The van der Waals surface area contributed by atoms with E-state index in [1.54, 1.807) is 23.5 Å². The van der Waals surface area contributed by atoms with Crippen molar-refractivity contribution in [3.8, 4) is 22.6 Å². The number of sulfonamides is 1. The first-order valence-corrected chi connectivity index (χ1v) is 14.7. The highest BCUT2D eigenvalue weighted by Crippen LogP contribution is 2.44. The van der Waals surface area contributed by atoms with Crippen LogP contribution in [0.3, 0.4) is 0 Å². The summed E-state index contributed by atoms with van der Waals surface area (Å²) in [4.78, 5) is 2.86. The van der Waals surface area contributed by atoms with Gasteiger partial charge in [0.25, 0.3) is 0 Å². The average Bonchev–Trinajstić information content (AvgIpc) is 3.38. The normalized spacial score (nSPS) is 23.8. The largest absolute Gasteiger partial charge is 0.454 e. The second-order valence-corrected chi connectivity index (χ2v) is 12.3. The second-order valence-electron chi connectivity index (χ2n) is 10.4. The lowest BCUT2D eigenvalue weighted by Crippen LogP contribution is -2.68. The van der Waals surface area contributed by atoms with Gasteiger partial charge in [0.05, 0.1) is 11.5 Å². The first kappa shape index (κ1) is 25.4. The molecule has 3 aliphatic heterocycles. The summed E-state index contributed by atoms with van der Waals surface area (Å²) in [7, 11) is -1.84. The lowest BCUT2D eigenvalue weighted by atomic mass is 9.74. The van der Waals surface area contributed by atoms with Crippen molar-refractivity contribution in [1.82, 2.24) is 9.21 Å². The van der Waals surface area contributed by atoms with Gasteiger partial charge in [-0.15, -0.1) is 0 Å². The summed E-state index contributed by atoms with van der Waals surface area (Å²) in [5.74, 6) is 1.73. The Hall–Kier alpha value is -2.91. The fourth-order valence-electron chi connectivity index (χ4n) is 6.24. The highest BCUT2D eigenvalue weighted by Gasteiger charge is 2.50. The molecule has 2 saturated heterocycles. The molecule has 38 heavy (non-hydrogen) atoms. The van der Waals surface area contributed by atoms with Gasteiger partial charge >= 0.3 is 0 Å². The molecule has 3 aromatic rings. The molecule has 8 heteroatoms. The van der Waals surface area contributed by atoms with Crippen LogP contribution in [0.15, 0.2) is 71.6 Å². The topological polar surface area (TPSA) is 68.3 Å². The highest BCUT2D eigenvalue weighted by molar-refractivity contribution is 7.89. The minimum Gasteiger partial charge on any atom is -0.454 e. The van der Waals surface area contributed by atoms with Gasteiger partial charge in [-0.05, 0) is 66.8 Å². The molecule has 0 aliphatic carbocycles. The van der Waals surface area contributed by atoms with Crippen molar-refractivity contribution in [2.45, 2.75) is 42.7 Å². The molecule has 3 aliphatic rings. The molecule has 3 heterocycles. The first-order chi connectivity index (χ1) is 18.5. The third-order valence-electron chi connectivity index (χ3n) is 8.20. The van der Waals surface area contributed by atoms with Crippen molar-refractivity contribution >= 4 is 10.0 Å². The first-order valence-electron chi connectivity index (χ1n) is 13.3. The molecule has 0 aromatic heterocycles. The van der Waals surface area contributed by atoms with Crippen LogP contribution < -0.4 is 9.47 Å². The SMILES string of the molecule is COC[C@@H]1[C@@H](c2ccc(-c3ccc4c(c3)OCO4)cc2)[C@@H]2CN(S(=O)(=O)c3ccccc3C)CCCCN12. The van der Waals surface area contributed by atoms with Crippen LogP contribution >= 0.6 is 0 Å². The van der Waals surface area contributed by atoms with Crippen molar-refractivity contribution in [3.05, 3.63) is 77.9 Å². The molecule has 0 amide bonds. The molecule has 0 unspecified atom stereocenters. The number of rotatable bonds is 6. The summed E-state index contributed by atoms with van der Waals surface area (Å²) >= 11 is 0. The van der Waals surface area contributed by atoms with Crippen LogP contribution in [0.25, 0.3) is 11.1 Å². The summed E-state index contributed by atoms with van der Waals surface area (Å²) in [5, 5.41) is 0. The smallest absolute Gasteiger partial charge is 0.243 e. The fourth-order valence-corrected chi connectivity index (χ4v) is 7.96. The van der Waals surface area contributed by atoms with Gasteiger partial charge in [0, 0.05) is 38.2 Å². The summed E-state index contributed by atoms with van der Waals surface area (Å²) in [6.45, 7) is 4.73. The molecule has 6 rings (SSSR count). The van der Waals surface area contributed by atoms with E-state index >= 15 is 0 Å². The number of hydrogen-bond donors (Lipinski definition) is 0. The zero-order valence-corrected chi connectivity index (χ0v) is 22.7. The summed E-state index contributed by atoms with van der Waals surface area (Å²) < 4.78 is 45.8. The highest BCUT2D eigenvalue weighted by atomic mass is 32.2. The average molecular weight is 535 g/mol. The minimum atomic E-state index is -3.58. The summed E-state index contributed by atoms with van der Waals surface area (Å²) in [6, 6.07) is 22.3. The van der Waals surface area contributed by atoms with Gasteiger partial charge in [-0.2, -0.15) is 4.31 Å². The van der Waals surface area contributed by atoms with Gasteiger partial charge in [0.2, 0.25) is 16.8 Å². The molecule has 0 N–H and O–H groups in total. The van der Waals surface area contributed by atoms with Crippen LogP contribution in [0, 0.1) is 6.92 Å². The van der Waals surface area contributed by atoms with Crippen LogP contribution in [-0.4, -0.2) is 69.9 Å². The third kappa shape index (κ3) is 4.49. The molecular weight excluding hydrogens is 500 g/mol. The Bertz CT molecular complexity index is 1410. The Morgan fingerprint density at radius 2 is 1.66 bits per heavy atom. The maximum atomic E-state index is 13.7. The van der Waals surface area contributed by atoms with Crippen molar-refractivity contribution in [2.75, 3.05) is 40.1 Å². The van der Waals surface area contributed by atoms with Crippen molar-refractivity contribution in [3.63, 3.8) is 0 Å². The van der Waals surface area contributed by atoms with E-state index in [0.29, 0.717) is 24.6 Å².